The van der Waals surface area contributed by atoms with Gasteiger partial charge in [-0.15, -0.1) is 0 Å². The number of carbonyl (C=O) groups is 2. The van der Waals surface area contributed by atoms with E-state index in [-0.39, 0.29) is 0 Å². The van der Waals surface area contributed by atoms with Crippen molar-refractivity contribution in [3.05, 3.63) is 52.3 Å². The molecular weight excluding hydrogens is 340 g/mol. The first-order valence-electron chi connectivity index (χ1n) is 8.91. The van der Waals surface area contributed by atoms with E-state index >= 15 is 0 Å². The van der Waals surface area contributed by atoms with Crippen LogP contribution in [0.25, 0.3) is 5.69 Å². The van der Waals surface area contributed by atoms with Gasteiger partial charge in [0.25, 0.3) is 0 Å². The van der Waals surface area contributed by atoms with Gasteiger partial charge >= 0.3 is 11.8 Å². The van der Waals surface area contributed by atoms with Gasteiger partial charge in [-0.1, -0.05) is 12.1 Å². The highest BCUT2D eigenvalue weighted by Crippen LogP contribution is 2.23. The van der Waals surface area contributed by atoms with E-state index in [9.17, 15) is 9.59 Å². The van der Waals surface area contributed by atoms with Crippen molar-refractivity contribution in [3.63, 3.8) is 0 Å². The summed E-state index contributed by atoms with van der Waals surface area (Å²) >= 11 is 0. The smallest absolute Gasteiger partial charge is 0.329 e. The number of hydrogen-bond acceptors (Lipinski definition) is 3. The van der Waals surface area contributed by atoms with Crippen LogP contribution in [0, 0.1) is 27.7 Å². The average molecular weight is 368 g/mol. The number of carbonyl (C=O) groups excluding carboxylic acids is 2. The van der Waals surface area contributed by atoms with E-state index in [0.29, 0.717) is 0 Å². The molecule has 0 saturated carbocycles. The molecule has 1 heterocycles. The van der Waals surface area contributed by atoms with E-state index < -0.39 is 17.4 Å². The van der Waals surface area contributed by atoms with Gasteiger partial charge in [-0.05, 0) is 71.7 Å². The summed E-state index contributed by atoms with van der Waals surface area (Å²) in [4.78, 5) is 23.6. The van der Waals surface area contributed by atoms with Crippen molar-refractivity contribution in [2.45, 2.75) is 54.0 Å². The van der Waals surface area contributed by atoms with E-state index in [0.717, 1.165) is 22.6 Å². The molecule has 0 saturated heterocycles. The molecule has 0 unspecified atom stereocenters. The predicted molar refractivity (Wildman–Crippen MR) is 108 cm³/mol. The maximum absolute atomic E-state index is 11.8. The standard InChI is InChI=1S/C21H28N4O2/c1-13-8-9-14(2)18(10-13)25-15(3)11-17(16(25)4)12-22-24-20(27)19(26)23-21(5,6)7/h8-12H,1-7H3,(H,23,26)(H,24,27)/b22-12-. The molecule has 2 rings (SSSR count). The van der Waals surface area contributed by atoms with Gasteiger partial charge in [-0.3, -0.25) is 9.59 Å². The van der Waals surface area contributed by atoms with Crippen LogP contribution in [0.1, 0.15) is 48.8 Å². The maximum atomic E-state index is 11.8. The number of benzene rings is 1. The van der Waals surface area contributed by atoms with Crippen molar-refractivity contribution in [2.75, 3.05) is 0 Å². The number of aromatic nitrogens is 1. The summed E-state index contributed by atoms with van der Waals surface area (Å²) in [6, 6.07) is 8.34. The van der Waals surface area contributed by atoms with Crippen LogP contribution in [0.15, 0.2) is 29.4 Å². The van der Waals surface area contributed by atoms with Crippen molar-refractivity contribution < 1.29 is 9.59 Å². The van der Waals surface area contributed by atoms with Crippen molar-refractivity contribution in [1.29, 1.82) is 0 Å². The minimum atomic E-state index is -0.787. The number of aryl methyl sites for hydroxylation is 3. The molecule has 0 fully saturated rings. The molecule has 0 aliphatic rings. The largest absolute Gasteiger partial charge is 0.343 e. The van der Waals surface area contributed by atoms with Gasteiger partial charge in [0.1, 0.15) is 0 Å². The minimum absolute atomic E-state index is 0.477. The van der Waals surface area contributed by atoms with Gasteiger partial charge in [-0.25, -0.2) is 5.43 Å². The molecule has 6 heteroatoms. The fraction of sp³-hybridized carbons (Fsp3) is 0.381. The number of nitrogens with one attached hydrogen (secondary N) is 2. The molecule has 0 atom stereocenters. The Morgan fingerprint density at radius 2 is 1.70 bits per heavy atom. The second-order valence-corrected chi connectivity index (χ2v) is 7.86. The maximum Gasteiger partial charge on any atom is 0.329 e. The fourth-order valence-corrected chi connectivity index (χ4v) is 2.86. The lowest BCUT2D eigenvalue weighted by Crippen LogP contribution is -2.47. The minimum Gasteiger partial charge on any atom is -0.343 e. The molecule has 6 nitrogen and oxygen atoms in total. The van der Waals surface area contributed by atoms with E-state index in [2.05, 4.69) is 52.5 Å². The molecule has 1 aromatic carbocycles. The molecule has 0 bridgehead atoms. The molecule has 2 amide bonds. The number of nitrogens with zero attached hydrogens (tertiary/aromatic N) is 2. The van der Waals surface area contributed by atoms with Gasteiger partial charge in [0.15, 0.2) is 0 Å². The Hall–Kier alpha value is -2.89. The summed E-state index contributed by atoms with van der Waals surface area (Å²) in [5, 5.41) is 6.54. The molecular formula is C21H28N4O2. The lowest BCUT2D eigenvalue weighted by atomic mass is 10.1. The van der Waals surface area contributed by atoms with E-state index in [1.165, 1.54) is 11.1 Å². The molecule has 2 aromatic rings. The van der Waals surface area contributed by atoms with Crippen LogP contribution in [0.4, 0.5) is 0 Å². The lowest BCUT2D eigenvalue weighted by Gasteiger charge is -2.19. The van der Waals surface area contributed by atoms with Crippen LogP contribution in [0.5, 0.6) is 0 Å². The van der Waals surface area contributed by atoms with Crippen LogP contribution in [0.3, 0.4) is 0 Å². The summed E-state index contributed by atoms with van der Waals surface area (Å²) in [7, 11) is 0. The third-order valence-corrected chi connectivity index (χ3v) is 4.14. The Labute approximate surface area is 160 Å². The second-order valence-electron chi connectivity index (χ2n) is 7.86. The van der Waals surface area contributed by atoms with Gasteiger partial charge in [0.2, 0.25) is 0 Å². The molecule has 0 spiro atoms. The summed E-state index contributed by atoms with van der Waals surface area (Å²) in [5.74, 6) is -1.50. The van der Waals surface area contributed by atoms with Crippen LogP contribution in [0.2, 0.25) is 0 Å². The molecule has 0 radical (unpaired) electrons. The molecule has 27 heavy (non-hydrogen) atoms. The third-order valence-electron chi connectivity index (χ3n) is 4.14. The van der Waals surface area contributed by atoms with Gasteiger partial charge in [0.05, 0.1) is 6.21 Å². The number of rotatable bonds is 3. The summed E-state index contributed by atoms with van der Waals surface area (Å²) in [6.07, 6.45) is 1.56. The highest BCUT2D eigenvalue weighted by atomic mass is 16.2. The molecule has 1 aromatic heterocycles. The van der Waals surface area contributed by atoms with E-state index in [1.807, 2.05) is 40.7 Å². The Morgan fingerprint density at radius 3 is 2.33 bits per heavy atom. The zero-order valence-corrected chi connectivity index (χ0v) is 17.1. The van der Waals surface area contributed by atoms with Crippen molar-refractivity contribution in [2.24, 2.45) is 5.10 Å². The highest BCUT2D eigenvalue weighted by molar-refractivity contribution is 6.35. The van der Waals surface area contributed by atoms with Crippen molar-refractivity contribution >= 4 is 18.0 Å². The first-order valence-corrected chi connectivity index (χ1v) is 8.91. The monoisotopic (exact) mass is 368 g/mol. The molecule has 0 aliphatic carbocycles. The Morgan fingerprint density at radius 1 is 1.04 bits per heavy atom. The summed E-state index contributed by atoms with van der Waals surface area (Å²) < 4.78 is 2.16. The predicted octanol–water partition coefficient (Wildman–Crippen LogP) is 3.08. The number of hydrazone groups is 1. The van der Waals surface area contributed by atoms with Crippen LogP contribution < -0.4 is 10.7 Å². The first-order chi connectivity index (χ1) is 12.5. The Kier molecular flexibility index (Phi) is 5.88. The van der Waals surface area contributed by atoms with Gasteiger partial charge < -0.3 is 9.88 Å². The first kappa shape index (κ1) is 20.4. The number of hydrogen-bond donors (Lipinski definition) is 2. The normalized spacial score (nSPS) is 11.7. The molecule has 144 valence electrons. The van der Waals surface area contributed by atoms with Crippen molar-refractivity contribution in [1.82, 2.24) is 15.3 Å². The third kappa shape index (κ3) is 5.06. The van der Waals surface area contributed by atoms with Crippen molar-refractivity contribution in [3.8, 4) is 5.69 Å². The van der Waals surface area contributed by atoms with Crippen LogP contribution in [-0.2, 0) is 9.59 Å². The topological polar surface area (TPSA) is 75.5 Å². The highest BCUT2D eigenvalue weighted by Gasteiger charge is 2.19. The number of amides is 2. The molecule has 2 N–H and O–H groups in total. The fourth-order valence-electron chi connectivity index (χ4n) is 2.86. The molecule has 0 aliphatic heterocycles. The quantitative estimate of drug-likeness (QED) is 0.496. The van der Waals surface area contributed by atoms with Crippen LogP contribution >= 0.6 is 0 Å². The zero-order chi connectivity index (χ0) is 20.4. The van der Waals surface area contributed by atoms with Crippen LogP contribution in [-0.4, -0.2) is 28.1 Å². The average Bonchev–Trinajstić information content (AvgIpc) is 2.82. The Bertz CT molecular complexity index is 902. The Balaban J connectivity index is 2.19. The summed E-state index contributed by atoms with van der Waals surface area (Å²) in [6.45, 7) is 13.6. The second kappa shape index (κ2) is 7.78. The SMILES string of the molecule is Cc1ccc(C)c(-n2c(C)cc(/C=N\NC(=O)C(=O)NC(C)(C)C)c2C)c1. The van der Waals surface area contributed by atoms with E-state index in [4.69, 9.17) is 0 Å². The van der Waals surface area contributed by atoms with Gasteiger partial charge in [-0.2, -0.15) is 5.10 Å². The summed E-state index contributed by atoms with van der Waals surface area (Å²) in [5.41, 5.74) is 8.25. The zero-order valence-electron chi connectivity index (χ0n) is 17.1. The lowest BCUT2D eigenvalue weighted by molar-refractivity contribution is -0.140. The van der Waals surface area contributed by atoms with E-state index in [1.54, 1.807) is 6.21 Å². The van der Waals surface area contributed by atoms with Gasteiger partial charge in [0, 0.05) is 28.2 Å².